The SMILES string of the molecule is Cn1cc(NCc2nnn(C)n2)cn1. The lowest BCUT2D eigenvalue weighted by Crippen LogP contribution is -2.01. The van der Waals surface area contributed by atoms with Gasteiger partial charge in [0.2, 0.25) is 0 Å². The van der Waals surface area contributed by atoms with Gasteiger partial charge in [0.25, 0.3) is 0 Å². The third kappa shape index (κ3) is 1.87. The van der Waals surface area contributed by atoms with Gasteiger partial charge in [0.05, 0.1) is 25.5 Å². The fourth-order valence-corrected chi connectivity index (χ4v) is 1.09. The Labute approximate surface area is 80.7 Å². The number of nitrogens with zero attached hydrogens (tertiary/aromatic N) is 6. The summed E-state index contributed by atoms with van der Waals surface area (Å²) in [4.78, 5) is 1.43. The van der Waals surface area contributed by atoms with Crippen LogP contribution in [0.4, 0.5) is 5.69 Å². The van der Waals surface area contributed by atoms with Gasteiger partial charge in [-0.05, 0) is 5.21 Å². The van der Waals surface area contributed by atoms with Crippen molar-refractivity contribution in [3.63, 3.8) is 0 Å². The van der Waals surface area contributed by atoms with Crippen LogP contribution in [-0.4, -0.2) is 30.0 Å². The van der Waals surface area contributed by atoms with Crippen LogP contribution in [0.15, 0.2) is 12.4 Å². The zero-order valence-corrected chi connectivity index (χ0v) is 8.05. The highest BCUT2D eigenvalue weighted by Crippen LogP contribution is 2.03. The zero-order valence-electron chi connectivity index (χ0n) is 8.05. The van der Waals surface area contributed by atoms with Crippen LogP contribution in [-0.2, 0) is 20.6 Å². The van der Waals surface area contributed by atoms with Crippen LogP contribution >= 0.6 is 0 Å². The molecule has 0 saturated heterocycles. The molecule has 0 aliphatic carbocycles. The van der Waals surface area contributed by atoms with E-state index in [1.54, 1.807) is 17.9 Å². The summed E-state index contributed by atoms with van der Waals surface area (Å²) < 4.78 is 1.73. The van der Waals surface area contributed by atoms with Crippen molar-refractivity contribution in [1.82, 2.24) is 30.0 Å². The van der Waals surface area contributed by atoms with E-state index in [-0.39, 0.29) is 0 Å². The highest BCUT2D eigenvalue weighted by Gasteiger charge is 2.00. The Kier molecular flexibility index (Phi) is 2.13. The second-order valence-corrected chi connectivity index (χ2v) is 2.95. The largest absolute Gasteiger partial charge is 0.375 e. The highest BCUT2D eigenvalue weighted by atomic mass is 15.6. The fourth-order valence-electron chi connectivity index (χ4n) is 1.09. The van der Waals surface area contributed by atoms with Crippen molar-refractivity contribution >= 4 is 5.69 Å². The molecule has 0 amide bonds. The van der Waals surface area contributed by atoms with Crippen LogP contribution in [0.25, 0.3) is 0 Å². The van der Waals surface area contributed by atoms with Crippen molar-refractivity contribution in [2.45, 2.75) is 6.54 Å². The van der Waals surface area contributed by atoms with E-state index >= 15 is 0 Å². The molecular weight excluding hydrogens is 182 g/mol. The summed E-state index contributed by atoms with van der Waals surface area (Å²) in [5.41, 5.74) is 0.944. The van der Waals surface area contributed by atoms with Gasteiger partial charge < -0.3 is 5.32 Å². The second kappa shape index (κ2) is 3.44. The van der Waals surface area contributed by atoms with Gasteiger partial charge >= 0.3 is 0 Å². The Balaban J connectivity index is 1.94. The average molecular weight is 193 g/mol. The van der Waals surface area contributed by atoms with Crippen LogP contribution in [0.5, 0.6) is 0 Å². The minimum atomic E-state index is 0.555. The number of nitrogens with one attached hydrogen (secondary N) is 1. The average Bonchev–Trinajstić information content (AvgIpc) is 2.72. The first-order valence-electron chi connectivity index (χ1n) is 4.19. The van der Waals surface area contributed by atoms with E-state index < -0.39 is 0 Å². The quantitative estimate of drug-likeness (QED) is 0.715. The maximum absolute atomic E-state index is 4.04. The Morgan fingerprint density at radius 3 is 2.86 bits per heavy atom. The molecule has 2 aromatic heterocycles. The predicted molar refractivity (Wildman–Crippen MR) is 49.3 cm³/mol. The Hall–Kier alpha value is -1.92. The van der Waals surface area contributed by atoms with Crippen molar-refractivity contribution in [1.29, 1.82) is 0 Å². The molecule has 0 spiro atoms. The molecule has 0 aliphatic heterocycles. The van der Waals surface area contributed by atoms with Gasteiger partial charge in [-0.3, -0.25) is 4.68 Å². The molecule has 0 saturated carbocycles. The Morgan fingerprint density at radius 1 is 1.43 bits per heavy atom. The van der Waals surface area contributed by atoms with Crippen molar-refractivity contribution < 1.29 is 0 Å². The summed E-state index contributed by atoms with van der Waals surface area (Å²) in [6.45, 7) is 0.555. The van der Waals surface area contributed by atoms with Gasteiger partial charge in [0.15, 0.2) is 5.82 Å². The Bertz CT molecular complexity index is 375. The van der Waals surface area contributed by atoms with Gasteiger partial charge in [-0.2, -0.15) is 9.90 Å². The lowest BCUT2D eigenvalue weighted by molar-refractivity contribution is 0.628. The lowest BCUT2D eigenvalue weighted by Gasteiger charge is -1.96. The van der Waals surface area contributed by atoms with Gasteiger partial charge in [0, 0.05) is 13.2 Å². The van der Waals surface area contributed by atoms with Crippen molar-refractivity contribution in [2.75, 3.05) is 5.32 Å². The van der Waals surface area contributed by atoms with Crippen LogP contribution in [0.3, 0.4) is 0 Å². The van der Waals surface area contributed by atoms with Crippen molar-refractivity contribution in [3.8, 4) is 0 Å². The number of anilines is 1. The third-order valence-corrected chi connectivity index (χ3v) is 1.71. The minimum absolute atomic E-state index is 0.555. The molecule has 7 heteroatoms. The highest BCUT2D eigenvalue weighted by molar-refractivity contribution is 5.37. The number of aryl methyl sites for hydroxylation is 2. The smallest absolute Gasteiger partial charge is 0.193 e. The van der Waals surface area contributed by atoms with E-state index in [0.29, 0.717) is 12.4 Å². The molecule has 0 unspecified atom stereocenters. The van der Waals surface area contributed by atoms with Gasteiger partial charge in [-0.15, -0.1) is 10.2 Å². The number of hydrogen-bond acceptors (Lipinski definition) is 5. The summed E-state index contributed by atoms with van der Waals surface area (Å²) in [6, 6.07) is 0. The predicted octanol–water partition coefficient (Wildman–Crippen LogP) is -0.444. The summed E-state index contributed by atoms with van der Waals surface area (Å²) in [5, 5.41) is 18.8. The number of aromatic nitrogens is 6. The Morgan fingerprint density at radius 2 is 2.29 bits per heavy atom. The number of tetrazole rings is 1. The zero-order chi connectivity index (χ0) is 9.97. The van der Waals surface area contributed by atoms with Crippen molar-refractivity contribution in [2.24, 2.45) is 14.1 Å². The first-order valence-corrected chi connectivity index (χ1v) is 4.19. The molecule has 0 fully saturated rings. The van der Waals surface area contributed by atoms with Crippen molar-refractivity contribution in [3.05, 3.63) is 18.2 Å². The number of rotatable bonds is 3. The topological polar surface area (TPSA) is 73.5 Å². The van der Waals surface area contributed by atoms with Crippen LogP contribution in [0.1, 0.15) is 5.82 Å². The third-order valence-electron chi connectivity index (χ3n) is 1.71. The van der Waals surface area contributed by atoms with Crippen LogP contribution in [0.2, 0.25) is 0 Å². The van der Waals surface area contributed by atoms with E-state index in [9.17, 15) is 0 Å². The summed E-state index contributed by atoms with van der Waals surface area (Å²) >= 11 is 0. The summed E-state index contributed by atoms with van der Waals surface area (Å²) in [7, 11) is 3.60. The standard InChI is InChI=1S/C7H11N7/c1-13-5-6(3-9-13)8-4-7-10-12-14(2)11-7/h3,5,8H,4H2,1-2H3. The second-order valence-electron chi connectivity index (χ2n) is 2.95. The molecule has 0 bridgehead atoms. The van der Waals surface area contributed by atoms with E-state index in [0.717, 1.165) is 5.69 Å². The van der Waals surface area contributed by atoms with E-state index in [1.165, 1.54) is 4.80 Å². The number of hydrogen-bond donors (Lipinski definition) is 1. The summed E-state index contributed by atoms with van der Waals surface area (Å²) in [5.74, 6) is 0.663. The first-order chi connectivity index (χ1) is 6.74. The molecule has 2 rings (SSSR count). The normalized spacial score (nSPS) is 10.4. The van der Waals surface area contributed by atoms with E-state index in [4.69, 9.17) is 0 Å². The molecule has 14 heavy (non-hydrogen) atoms. The van der Waals surface area contributed by atoms with Crippen LogP contribution < -0.4 is 5.32 Å². The fraction of sp³-hybridized carbons (Fsp3) is 0.429. The van der Waals surface area contributed by atoms with Gasteiger partial charge in [-0.1, -0.05) is 0 Å². The molecule has 74 valence electrons. The molecule has 0 atom stereocenters. The molecule has 1 N–H and O–H groups in total. The first kappa shape index (κ1) is 8.67. The van der Waals surface area contributed by atoms with E-state index in [1.807, 2.05) is 13.2 Å². The van der Waals surface area contributed by atoms with Gasteiger partial charge in [-0.25, -0.2) is 0 Å². The lowest BCUT2D eigenvalue weighted by atomic mass is 10.5. The molecule has 2 aromatic rings. The maximum atomic E-state index is 4.04. The molecule has 0 radical (unpaired) electrons. The van der Waals surface area contributed by atoms with E-state index in [2.05, 4.69) is 25.8 Å². The molecule has 7 nitrogen and oxygen atoms in total. The molecule has 0 aliphatic rings. The van der Waals surface area contributed by atoms with Crippen LogP contribution in [0, 0.1) is 0 Å². The molecule has 2 heterocycles. The minimum Gasteiger partial charge on any atom is -0.375 e. The van der Waals surface area contributed by atoms with Gasteiger partial charge in [0.1, 0.15) is 0 Å². The summed E-state index contributed by atoms with van der Waals surface area (Å²) in [6.07, 6.45) is 3.63. The molecule has 0 aromatic carbocycles. The maximum Gasteiger partial charge on any atom is 0.193 e. The monoisotopic (exact) mass is 193 g/mol. The molecular formula is C7H11N7.